The Balaban J connectivity index is 2.40. The summed E-state index contributed by atoms with van der Waals surface area (Å²) < 4.78 is 38.9. The fourth-order valence-corrected chi connectivity index (χ4v) is 4.28. The minimum Gasteiger partial charge on any atom is -0.357 e. The Labute approximate surface area is 190 Å². The molecule has 0 heterocycles. The number of benzene rings is 2. The number of carbonyl (C=O) groups excluding carboxylic acids is 2. The molecule has 0 aliphatic rings. The van der Waals surface area contributed by atoms with Crippen molar-refractivity contribution in [2.24, 2.45) is 0 Å². The molecule has 31 heavy (non-hydrogen) atoms. The normalized spacial score (nSPS) is 12.2. The van der Waals surface area contributed by atoms with Crippen molar-refractivity contribution in [2.45, 2.75) is 19.5 Å². The number of amides is 2. The zero-order valence-electron chi connectivity index (χ0n) is 17.1. The van der Waals surface area contributed by atoms with Crippen LogP contribution in [0.25, 0.3) is 0 Å². The fourth-order valence-electron chi connectivity index (χ4n) is 2.86. The predicted octanol–water partition coefficient (Wildman–Crippen LogP) is 3.06. The van der Waals surface area contributed by atoms with E-state index in [4.69, 9.17) is 23.2 Å². The Hall–Kier alpha value is -2.36. The van der Waals surface area contributed by atoms with Crippen LogP contribution in [0.15, 0.2) is 42.5 Å². The number of rotatable bonds is 8. The summed E-state index contributed by atoms with van der Waals surface area (Å²) in [5.74, 6) is -1.52. The summed E-state index contributed by atoms with van der Waals surface area (Å²) >= 11 is 12.0. The minimum atomic E-state index is -3.90. The smallest absolute Gasteiger partial charge is 0.244 e. The number of sulfonamides is 1. The summed E-state index contributed by atoms with van der Waals surface area (Å²) in [5, 5.41) is 2.82. The molecular formula is C20H22Cl2FN3O4S. The lowest BCUT2D eigenvalue weighted by atomic mass is 10.1. The second-order valence-corrected chi connectivity index (χ2v) is 9.55. The highest BCUT2D eigenvalue weighted by Crippen LogP contribution is 2.30. The van der Waals surface area contributed by atoms with E-state index in [0.717, 1.165) is 10.6 Å². The molecule has 168 valence electrons. The molecule has 0 bridgehead atoms. The number of likely N-dealkylation sites (N-methyl/N-ethyl adjacent to an activating group) is 1. The first-order valence-electron chi connectivity index (χ1n) is 9.12. The van der Waals surface area contributed by atoms with Gasteiger partial charge < -0.3 is 10.2 Å². The number of nitrogens with one attached hydrogen (secondary N) is 1. The summed E-state index contributed by atoms with van der Waals surface area (Å²) in [6.45, 7) is 0.892. The molecule has 0 saturated carbocycles. The average molecular weight is 490 g/mol. The van der Waals surface area contributed by atoms with E-state index in [1.54, 1.807) is 0 Å². The van der Waals surface area contributed by atoms with E-state index in [-0.39, 0.29) is 17.3 Å². The lowest BCUT2D eigenvalue weighted by molar-refractivity contribution is -0.139. The molecule has 0 aliphatic carbocycles. The minimum absolute atomic E-state index is 0.0281. The Morgan fingerprint density at radius 3 is 2.26 bits per heavy atom. The van der Waals surface area contributed by atoms with Gasteiger partial charge in [-0.15, -0.1) is 0 Å². The first-order chi connectivity index (χ1) is 14.4. The molecule has 0 spiro atoms. The summed E-state index contributed by atoms with van der Waals surface area (Å²) in [6, 6.07) is 8.74. The number of anilines is 1. The topological polar surface area (TPSA) is 86.8 Å². The van der Waals surface area contributed by atoms with Crippen LogP contribution in [0.5, 0.6) is 0 Å². The lowest BCUT2D eigenvalue weighted by Gasteiger charge is -2.31. The van der Waals surface area contributed by atoms with Crippen LogP contribution in [-0.4, -0.2) is 51.0 Å². The quantitative estimate of drug-likeness (QED) is 0.617. The van der Waals surface area contributed by atoms with Gasteiger partial charge in [-0.3, -0.25) is 13.9 Å². The third-order valence-electron chi connectivity index (χ3n) is 4.54. The number of hydrogen-bond donors (Lipinski definition) is 1. The maximum absolute atomic E-state index is 13.2. The summed E-state index contributed by atoms with van der Waals surface area (Å²) in [7, 11) is -2.48. The molecule has 1 atom stereocenters. The van der Waals surface area contributed by atoms with E-state index < -0.39 is 40.2 Å². The van der Waals surface area contributed by atoms with Crippen LogP contribution >= 0.6 is 23.2 Å². The fraction of sp³-hybridized carbons (Fsp3) is 0.300. The molecule has 1 N–H and O–H groups in total. The molecule has 0 saturated heterocycles. The molecule has 2 amide bonds. The van der Waals surface area contributed by atoms with Crippen LogP contribution in [-0.2, 0) is 26.2 Å². The van der Waals surface area contributed by atoms with Gasteiger partial charge in [-0.2, -0.15) is 0 Å². The van der Waals surface area contributed by atoms with Gasteiger partial charge in [0.2, 0.25) is 21.8 Å². The largest absolute Gasteiger partial charge is 0.357 e. The van der Waals surface area contributed by atoms with Gasteiger partial charge in [0.15, 0.2) is 0 Å². The second kappa shape index (κ2) is 10.3. The Morgan fingerprint density at radius 2 is 1.74 bits per heavy atom. The SMILES string of the molecule is CNC(=O)C(C)N(Cc1ccc(F)cc1)C(=O)CN(c1ccc(Cl)cc1Cl)S(C)(=O)=O. The highest BCUT2D eigenvalue weighted by molar-refractivity contribution is 7.92. The maximum Gasteiger partial charge on any atom is 0.244 e. The third-order valence-corrected chi connectivity index (χ3v) is 6.20. The van der Waals surface area contributed by atoms with Crippen molar-refractivity contribution in [2.75, 3.05) is 24.2 Å². The van der Waals surface area contributed by atoms with Crippen LogP contribution in [0.1, 0.15) is 12.5 Å². The summed E-state index contributed by atoms with van der Waals surface area (Å²) in [6.07, 6.45) is 0.942. The molecule has 0 aliphatic heterocycles. The average Bonchev–Trinajstić information content (AvgIpc) is 2.70. The van der Waals surface area contributed by atoms with E-state index in [2.05, 4.69) is 5.32 Å². The first kappa shape index (κ1) is 24.9. The van der Waals surface area contributed by atoms with Gasteiger partial charge in [0.1, 0.15) is 18.4 Å². The summed E-state index contributed by atoms with van der Waals surface area (Å²) in [4.78, 5) is 26.6. The van der Waals surface area contributed by atoms with E-state index in [1.165, 1.54) is 61.3 Å². The number of halogens is 3. The van der Waals surface area contributed by atoms with Gasteiger partial charge in [0.25, 0.3) is 0 Å². The zero-order chi connectivity index (χ0) is 23.3. The van der Waals surface area contributed by atoms with Crippen LogP contribution < -0.4 is 9.62 Å². The lowest BCUT2D eigenvalue weighted by Crippen LogP contribution is -2.50. The van der Waals surface area contributed by atoms with Crippen LogP contribution in [0.3, 0.4) is 0 Å². The van der Waals surface area contributed by atoms with Gasteiger partial charge in [0.05, 0.1) is 17.0 Å². The molecule has 1 unspecified atom stereocenters. The Kier molecular flexibility index (Phi) is 8.27. The number of nitrogens with zero attached hydrogens (tertiary/aromatic N) is 2. The summed E-state index contributed by atoms with van der Waals surface area (Å²) in [5.41, 5.74) is 0.650. The predicted molar refractivity (Wildman–Crippen MR) is 119 cm³/mol. The molecule has 11 heteroatoms. The maximum atomic E-state index is 13.2. The second-order valence-electron chi connectivity index (χ2n) is 6.80. The van der Waals surface area contributed by atoms with Gasteiger partial charge in [0, 0.05) is 18.6 Å². The standard InChI is InChI=1S/C20H22Cl2FN3O4S/c1-13(20(28)24-2)25(11-14-4-7-16(23)8-5-14)19(27)12-26(31(3,29)30)18-9-6-15(21)10-17(18)22/h4-10,13H,11-12H2,1-3H3,(H,24,28). The Bertz CT molecular complexity index is 1060. The van der Waals surface area contributed by atoms with Crippen molar-refractivity contribution < 1.29 is 22.4 Å². The van der Waals surface area contributed by atoms with Crippen LogP contribution in [0.2, 0.25) is 10.0 Å². The zero-order valence-corrected chi connectivity index (χ0v) is 19.4. The van der Waals surface area contributed by atoms with E-state index in [9.17, 15) is 22.4 Å². The van der Waals surface area contributed by atoms with Crippen LogP contribution in [0, 0.1) is 5.82 Å². The molecule has 0 radical (unpaired) electrons. The van der Waals surface area contributed by atoms with Gasteiger partial charge in [-0.25, -0.2) is 12.8 Å². The molecular weight excluding hydrogens is 468 g/mol. The number of carbonyl (C=O) groups is 2. The van der Waals surface area contributed by atoms with Gasteiger partial charge >= 0.3 is 0 Å². The monoisotopic (exact) mass is 489 g/mol. The molecule has 7 nitrogen and oxygen atoms in total. The van der Waals surface area contributed by atoms with E-state index in [1.807, 2.05) is 0 Å². The van der Waals surface area contributed by atoms with Crippen molar-refractivity contribution in [3.63, 3.8) is 0 Å². The van der Waals surface area contributed by atoms with Gasteiger partial charge in [-0.05, 0) is 42.8 Å². The highest BCUT2D eigenvalue weighted by Gasteiger charge is 2.30. The van der Waals surface area contributed by atoms with Crippen molar-refractivity contribution in [1.82, 2.24) is 10.2 Å². The van der Waals surface area contributed by atoms with Crippen molar-refractivity contribution in [3.05, 3.63) is 63.9 Å². The molecule has 0 aromatic heterocycles. The van der Waals surface area contributed by atoms with Gasteiger partial charge in [-0.1, -0.05) is 35.3 Å². The molecule has 2 aromatic carbocycles. The molecule has 2 aromatic rings. The van der Waals surface area contributed by atoms with Crippen molar-refractivity contribution in [3.8, 4) is 0 Å². The number of hydrogen-bond acceptors (Lipinski definition) is 4. The first-order valence-corrected chi connectivity index (χ1v) is 11.7. The third kappa shape index (κ3) is 6.56. The van der Waals surface area contributed by atoms with Crippen molar-refractivity contribution >= 4 is 50.7 Å². The molecule has 2 rings (SSSR count). The van der Waals surface area contributed by atoms with Crippen LogP contribution in [0.4, 0.5) is 10.1 Å². The van der Waals surface area contributed by atoms with E-state index in [0.29, 0.717) is 10.6 Å². The van der Waals surface area contributed by atoms with E-state index >= 15 is 0 Å². The van der Waals surface area contributed by atoms with Crippen molar-refractivity contribution in [1.29, 1.82) is 0 Å². The molecule has 0 fully saturated rings. The highest BCUT2D eigenvalue weighted by atomic mass is 35.5. The Morgan fingerprint density at radius 1 is 1.13 bits per heavy atom.